The molecule has 1 aliphatic heterocycles. The highest BCUT2D eigenvalue weighted by atomic mass is 16.5. The highest BCUT2D eigenvalue weighted by Gasteiger charge is 2.34. The number of carbonyl (C=O) groups is 1. The second kappa shape index (κ2) is 6.45. The fraction of sp³-hybridized carbons (Fsp3) is 0.500. The Labute approximate surface area is 135 Å². The van der Waals surface area contributed by atoms with Crippen LogP contribution in [0.15, 0.2) is 36.7 Å². The van der Waals surface area contributed by atoms with Crippen LogP contribution in [0.4, 0.5) is 0 Å². The molecule has 1 aromatic heterocycles. The summed E-state index contributed by atoms with van der Waals surface area (Å²) in [5.74, 6) is 0.0255. The molecule has 122 valence electrons. The predicted octanol–water partition coefficient (Wildman–Crippen LogP) is 1.09. The molecule has 1 fully saturated rings. The predicted molar refractivity (Wildman–Crippen MR) is 83.6 cm³/mol. The maximum atomic E-state index is 13.0. The molecule has 1 aliphatic rings. The zero-order chi connectivity index (χ0) is 16.3. The van der Waals surface area contributed by atoms with Crippen molar-refractivity contribution in [2.24, 2.45) is 0 Å². The number of hydrogen-bond acceptors (Lipinski definition) is 5. The average Bonchev–Trinajstić information content (AvgIpc) is 3.06. The highest BCUT2D eigenvalue weighted by molar-refractivity contribution is 5.80. The molecular weight excluding hydrogens is 294 g/mol. The van der Waals surface area contributed by atoms with Gasteiger partial charge in [0.1, 0.15) is 12.4 Å². The van der Waals surface area contributed by atoms with E-state index < -0.39 is 6.04 Å². The lowest BCUT2D eigenvalue weighted by atomic mass is 10.0. The van der Waals surface area contributed by atoms with Gasteiger partial charge in [-0.1, -0.05) is 30.3 Å². The normalized spacial score (nSPS) is 18.6. The summed E-state index contributed by atoms with van der Waals surface area (Å²) in [6, 6.07) is 9.47. The van der Waals surface area contributed by atoms with E-state index in [9.17, 15) is 4.79 Å². The Morgan fingerprint density at radius 3 is 2.78 bits per heavy atom. The Hall–Kier alpha value is -2.28. The van der Waals surface area contributed by atoms with Gasteiger partial charge in [-0.15, -0.1) is 5.10 Å². The van der Waals surface area contributed by atoms with Crippen molar-refractivity contribution in [2.75, 3.05) is 19.7 Å². The molecule has 1 aromatic carbocycles. The summed E-state index contributed by atoms with van der Waals surface area (Å²) in [4.78, 5) is 14.9. The van der Waals surface area contributed by atoms with Gasteiger partial charge in [0.2, 0.25) is 5.91 Å². The first kappa shape index (κ1) is 15.6. The van der Waals surface area contributed by atoms with Gasteiger partial charge < -0.3 is 9.64 Å². The van der Waals surface area contributed by atoms with E-state index in [2.05, 4.69) is 15.5 Å². The Kier molecular flexibility index (Phi) is 4.38. The summed E-state index contributed by atoms with van der Waals surface area (Å²) < 4.78 is 7.23. The van der Waals surface area contributed by atoms with Crippen molar-refractivity contribution in [3.63, 3.8) is 0 Å². The van der Waals surface area contributed by atoms with Crippen molar-refractivity contribution in [1.29, 1.82) is 0 Å². The second-order valence-corrected chi connectivity index (χ2v) is 6.36. The van der Waals surface area contributed by atoms with Gasteiger partial charge in [0, 0.05) is 19.5 Å². The number of aromatic nitrogens is 4. The summed E-state index contributed by atoms with van der Waals surface area (Å²) >= 11 is 0. The van der Waals surface area contributed by atoms with Crippen LogP contribution in [-0.4, -0.2) is 56.3 Å². The molecule has 7 heteroatoms. The van der Waals surface area contributed by atoms with Crippen LogP contribution in [0.25, 0.3) is 0 Å². The SMILES string of the molecule is CC1(C)CN(C(=O)[C@H](Cc2ccccc2)n2cnnn2)CCO1. The van der Waals surface area contributed by atoms with Crippen LogP contribution >= 0.6 is 0 Å². The minimum Gasteiger partial charge on any atom is -0.372 e. The van der Waals surface area contributed by atoms with Crippen molar-refractivity contribution >= 4 is 5.91 Å². The third-order valence-electron chi connectivity index (χ3n) is 3.98. The molecule has 23 heavy (non-hydrogen) atoms. The number of morpholine rings is 1. The van der Waals surface area contributed by atoms with Gasteiger partial charge >= 0.3 is 0 Å². The summed E-state index contributed by atoms with van der Waals surface area (Å²) in [7, 11) is 0. The summed E-state index contributed by atoms with van der Waals surface area (Å²) in [6.45, 7) is 5.70. The van der Waals surface area contributed by atoms with Crippen LogP contribution in [0.5, 0.6) is 0 Å². The zero-order valence-electron chi connectivity index (χ0n) is 13.4. The van der Waals surface area contributed by atoms with Crippen molar-refractivity contribution in [1.82, 2.24) is 25.1 Å². The number of benzene rings is 1. The van der Waals surface area contributed by atoms with Crippen molar-refractivity contribution in [2.45, 2.75) is 31.9 Å². The third kappa shape index (κ3) is 3.73. The molecule has 1 atom stereocenters. The van der Waals surface area contributed by atoms with E-state index >= 15 is 0 Å². The van der Waals surface area contributed by atoms with Crippen LogP contribution < -0.4 is 0 Å². The first-order chi connectivity index (χ1) is 11.1. The van der Waals surface area contributed by atoms with Crippen LogP contribution in [0.1, 0.15) is 25.5 Å². The van der Waals surface area contributed by atoms with E-state index in [1.165, 1.54) is 11.0 Å². The number of hydrogen-bond donors (Lipinski definition) is 0. The molecule has 0 spiro atoms. The van der Waals surface area contributed by atoms with E-state index in [-0.39, 0.29) is 11.5 Å². The van der Waals surface area contributed by atoms with Crippen LogP contribution in [-0.2, 0) is 16.0 Å². The fourth-order valence-electron chi connectivity index (χ4n) is 2.86. The molecule has 7 nitrogen and oxygen atoms in total. The van der Waals surface area contributed by atoms with Crippen LogP contribution in [0.2, 0.25) is 0 Å². The quantitative estimate of drug-likeness (QED) is 0.844. The van der Waals surface area contributed by atoms with Crippen LogP contribution in [0, 0.1) is 0 Å². The number of ether oxygens (including phenoxy) is 1. The molecule has 0 unspecified atom stereocenters. The largest absolute Gasteiger partial charge is 0.372 e. The molecule has 3 rings (SSSR count). The summed E-state index contributed by atoms with van der Waals surface area (Å²) in [6.07, 6.45) is 2.06. The zero-order valence-corrected chi connectivity index (χ0v) is 13.4. The molecule has 1 saturated heterocycles. The molecule has 2 aromatic rings. The highest BCUT2D eigenvalue weighted by Crippen LogP contribution is 2.21. The minimum atomic E-state index is -0.443. The summed E-state index contributed by atoms with van der Waals surface area (Å²) in [5.41, 5.74) is 0.750. The molecule has 0 aliphatic carbocycles. The third-order valence-corrected chi connectivity index (χ3v) is 3.98. The van der Waals surface area contributed by atoms with Gasteiger partial charge in [-0.2, -0.15) is 0 Å². The minimum absolute atomic E-state index is 0.0255. The monoisotopic (exact) mass is 315 g/mol. The van der Waals surface area contributed by atoms with E-state index in [1.807, 2.05) is 49.1 Å². The molecule has 0 radical (unpaired) electrons. The molecule has 1 amide bonds. The summed E-state index contributed by atoms with van der Waals surface area (Å²) in [5, 5.41) is 11.3. The Bertz CT molecular complexity index is 642. The topological polar surface area (TPSA) is 73.1 Å². The average molecular weight is 315 g/mol. The first-order valence-electron chi connectivity index (χ1n) is 7.74. The van der Waals surface area contributed by atoms with E-state index in [4.69, 9.17) is 4.74 Å². The Balaban J connectivity index is 1.82. The van der Waals surface area contributed by atoms with Crippen LogP contribution in [0.3, 0.4) is 0 Å². The maximum absolute atomic E-state index is 13.0. The molecular formula is C16H21N5O2. The van der Waals surface area contributed by atoms with Gasteiger partial charge in [-0.05, 0) is 29.8 Å². The molecule has 2 heterocycles. The standard InChI is InChI=1S/C16H21N5O2/c1-16(2)11-20(8-9-23-16)15(22)14(21-12-17-18-19-21)10-13-6-4-3-5-7-13/h3-7,12,14H,8-11H2,1-2H3/t14-/m0/s1. The van der Waals surface area contributed by atoms with Crippen molar-refractivity contribution < 1.29 is 9.53 Å². The lowest BCUT2D eigenvalue weighted by molar-refractivity contribution is -0.149. The molecule has 0 saturated carbocycles. The van der Waals surface area contributed by atoms with Gasteiger partial charge in [-0.3, -0.25) is 4.79 Å². The second-order valence-electron chi connectivity index (χ2n) is 6.36. The van der Waals surface area contributed by atoms with Gasteiger partial charge in [0.25, 0.3) is 0 Å². The number of carbonyl (C=O) groups excluding carboxylic acids is 1. The lowest BCUT2D eigenvalue weighted by Gasteiger charge is -2.39. The Morgan fingerprint density at radius 1 is 1.35 bits per heavy atom. The maximum Gasteiger partial charge on any atom is 0.248 e. The lowest BCUT2D eigenvalue weighted by Crippen LogP contribution is -2.52. The van der Waals surface area contributed by atoms with Crippen molar-refractivity contribution in [3.05, 3.63) is 42.2 Å². The first-order valence-corrected chi connectivity index (χ1v) is 7.74. The number of rotatable bonds is 4. The smallest absolute Gasteiger partial charge is 0.248 e. The molecule has 0 bridgehead atoms. The Morgan fingerprint density at radius 2 is 2.13 bits per heavy atom. The van der Waals surface area contributed by atoms with E-state index in [0.717, 1.165) is 5.56 Å². The van der Waals surface area contributed by atoms with Gasteiger partial charge in [0.15, 0.2) is 0 Å². The number of amides is 1. The number of nitrogens with zero attached hydrogens (tertiary/aromatic N) is 5. The van der Waals surface area contributed by atoms with Gasteiger partial charge in [0.05, 0.1) is 12.2 Å². The van der Waals surface area contributed by atoms with E-state index in [0.29, 0.717) is 26.1 Å². The van der Waals surface area contributed by atoms with Gasteiger partial charge in [-0.25, -0.2) is 4.68 Å². The van der Waals surface area contributed by atoms with Crippen molar-refractivity contribution in [3.8, 4) is 0 Å². The molecule has 0 N–H and O–H groups in total. The van der Waals surface area contributed by atoms with E-state index in [1.54, 1.807) is 0 Å². The fourth-order valence-corrected chi connectivity index (χ4v) is 2.86. The number of tetrazole rings is 1.